The minimum Gasteiger partial charge on any atom is -0.475 e. The molecular weight excluding hydrogens is 245 g/mol. The number of aliphatic carboxylic acids is 1. The van der Waals surface area contributed by atoms with Crippen molar-refractivity contribution < 1.29 is 33.1 Å². The van der Waals surface area contributed by atoms with E-state index in [0.29, 0.717) is 5.56 Å². The number of carbonyl (C=O) groups excluding carboxylic acids is 1. The summed E-state index contributed by atoms with van der Waals surface area (Å²) in [5.41, 5.74) is 1.84. The highest BCUT2D eigenvalue weighted by Gasteiger charge is 2.38. The molecule has 1 aromatic rings. The van der Waals surface area contributed by atoms with Crippen LogP contribution in [-0.4, -0.2) is 33.4 Å². The molecule has 0 aliphatic carbocycles. The van der Waals surface area contributed by atoms with Crippen LogP contribution in [0.5, 0.6) is 0 Å². The summed E-state index contributed by atoms with van der Waals surface area (Å²) in [6, 6.07) is 3.17. The molecule has 17 heavy (non-hydrogen) atoms. The lowest BCUT2D eigenvalue weighted by Crippen LogP contribution is -2.21. The molecular formula is C8H7F3N2O4. The van der Waals surface area contributed by atoms with Crippen LogP contribution >= 0.6 is 0 Å². The van der Waals surface area contributed by atoms with E-state index in [1.54, 1.807) is 18.3 Å². The fraction of sp³-hybridized carbons (Fsp3) is 0.125. The summed E-state index contributed by atoms with van der Waals surface area (Å²) in [7, 11) is 0. The molecule has 6 nitrogen and oxygen atoms in total. The van der Waals surface area contributed by atoms with Gasteiger partial charge in [-0.2, -0.15) is 13.2 Å². The SMILES string of the molecule is O=C(NO)c1cccnc1.O=C(O)C(F)(F)F. The van der Waals surface area contributed by atoms with Crippen molar-refractivity contribution in [3.8, 4) is 0 Å². The number of hydrogen-bond donors (Lipinski definition) is 3. The number of halogens is 3. The Hall–Kier alpha value is -2.16. The molecule has 0 aliphatic rings. The van der Waals surface area contributed by atoms with Crippen LogP contribution in [0.3, 0.4) is 0 Å². The van der Waals surface area contributed by atoms with Gasteiger partial charge in [0.2, 0.25) is 0 Å². The molecule has 0 spiro atoms. The average Bonchev–Trinajstić information content (AvgIpc) is 2.28. The van der Waals surface area contributed by atoms with Gasteiger partial charge in [0.25, 0.3) is 5.91 Å². The van der Waals surface area contributed by atoms with Crippen molar-refractivity contribution in [2.75, 3.05) is 0 Å². The number of hydrogen-bond acceptors (Lipinski definition) is 4. The third-order valence-electron chi connectivity index (χ3n) is 1.27. The van der Waals surface area contributed by atoms with Gasteiger partial charge in [-0.05, 0) is 12.1 Å². The Bertz CT molecular complexity index is 380. The number of amides is 1. The summed E-state index contributed by atoms with van der Waals surface area (Å²) in [5, 5.41) is 15.3. The van der Waals surface area contributed by atoms with Crippen LogP contribution < -0.4 is 5.48 Å². The van der Waals surface area contributed by atoms with E-state index in [1.807, 2.05) is 0 Å². The largest absolute Gasteiger partial charge is 0.490 e. The molecule has 1 amide bonds. The van der Waals surface area contributed by atoms with E-state index in [9.17, 15) is 18.0 Å². The Morgan fingerprint density at radius 2 is 1.88 bits per heavy atom. The smallest absolute Gasteiger partial charge is 0.475 e. The second kappa shape index (κ2) is 6.43. The van der Waals surface area contributed by atoms with Crippen molar-refractivity contribution in [3.05, 3.63) is 30.1 Å². The van der Waals surface area contributed by atoms with Gasteiger partial charge < -0.3 is 5.11 Å². The Morgan fingerprint density at radius 1 is 1.35 bits per heavy atom. The number of pyridine rings is 1. The van der Waals surface area contributed by atoms with E-state index >= 15 is 0 Å². The third kappa shape index (κ3) is 6.10. The first-order chi connectivity index (χ1) is 7.79. The number of carbonyl (C=O) groups is 2. The lowest BCUT2D eigenvalue weighted by Gasteiger charge is -1.94. The number of nitrogens with zero attached hydrogens (tertiary/aromatic N) is 1. The summed E-state index contributed by atoms with van der Waals surface area (Å²) < 4.78 is 31.7. The zero-order valence-electron chi connectivity index (χ0n) is 8.10. The quantitative estimate of drug-likeness (QED) is 0.508. The molecule has 1 aromatic heterocycles. The third-order valence-corrected chi connectivity index (χ3v) is 1.27. The Balaban J connectivity index is 0.000000325. The number of hydroxylamine groups is 1. The predicted octanol–water partition coefficient (Wildman–Crippen LogP) is 0.834. The topological polar surface area (TPSA) is 99.5 Å². The fourth-order valence-corrected chi connectivity index (χ4v) is 0.562. The van der Waals surface area contributed by atoms with Crippen LogP contribution in [0.2, 0.25) is 0 Å². The van der Waals surface area contributed by atoms with E-state index in [4.69, 9.17) is 15.1 Å². The Kier molecular flexibility index (Phi) is 5.61. The number of aromatic nitrogens is 1. The molecule has 0 fully saturated rings. The summed E-state index contributed by atoms with van der Waals surface area (Å²) in [5.74, 6) is -3.30. The van der Waals surface area contributed by atoms with Crippen LogP contribution in [0, 0.1) is 0 Å². The number of rotatable bonds is 1. The monoisotopic (exact) mass is 252 g/mol. The summed E-state index contributed by atoms with van der Waals surface area (Å²) >= 11 is 0. The van der Waals surface area contributed by atoms with Gasteiger partial charge in [-0.3, -0.25) is 15.0 Å². The molecule has 0 atom stereocenters. The molecule has 3 N–H and O–H groups in total. The van der Waals surface area contributed by atoms with Crippen molar-refractivity contribution in [3.63, 3.8) is 0 Å². The van der Waals surface area contributed by atoms with Gasteiger partial charge in [0.1, 0.15) is 0 Å². The maximum atomic E-state index is 10.6. The maximum Gasteiger partial charge on any atom is 0.490 e. The second-order valence-electron chi connectivity index (χ2n) is 2.49. The van der Waals surface area contributed by atoms with Crippen LogP contribution in [-0.2, 0) is 4.79 Å². The molecule has 9 heteroatoms. The first-order valence-corrected chi connectivity index (χ1v) is 3.93. The standard InChI is InChI=1S/C6H6N2O2.C2HF3O2/c9-6(8-10)5-2-1-3-7-4-5;3-2(4,5)1(6)7/h1-4,10H,(H,8,9);(H,6,7). The Morgan fingerprint density at radius 3 is 2.18 bits per heavy atom. The van der Waals surface area contributed by atoms with E-state index in [0.717, 1.165) is 0 Å². The number of carboxylic acid groups (broad SMARTS) is 1. The minimum absolute atomic E-state index is 0.338. The van der Waals surface area contributed by atoms with Crippen LogP contribution in [0.25, 0.3) is 0 Å². The first-order valence-electron chi connectivity index (χ1n) is 3.93. The molecule has 0 bridgehead atoms. The molecule has 0 radical (unpaired) electrons. The highest BCUT2D eigenvalue weighted by Crippen LogP contribution is 2.13. The lowest BCUT2D eigenvalue weighted by atomic mass is 10.3. The van der Waals surface area contributed by atoms with E-state index < -0.39 is 18.1 Å². The van der Waals surface area contributed by atoms with Crippen molar-refractivity contribution in [2.24, 2.45) is 0 Å². The molecule has 94 valence electrons. The molecule has 1 rings (SSSR count). The highest BCUT2D eigenvalue weighted by molar-refractivity contribution is 5.92. The van der Waals surface area contributed by atoms with Crippen molar-refractivity contribution in [1.82, 2.24) is 10.5 Å². The van der Waals surface area contributed by atoms with Crippen LogP contribution in [0.15, 0.2) is 24.5 Å². The zero-order chi connectivity index (χ0) is 13.5. The van der Waals surface area contributed by atoms with Gasteiger partial charge in [0.05, 0.1) is 5.56 Å². The summed E-state index contributed by atoms with van der Waals surface area (Å²) in [6.45, 7) is 0. The van der Waals surface area contributed by atoms with Crippen LogP contribution in [0.1, 0.15) is 10.4 Å². The number of nitrogens with one attached hydrogen (secondary N) is 1. The maximum absolute atomic E-state index is 10.6. The molecule has 1 heterocycles. The number of carboxylic acids is 1. The normalized spacial score (nSPS) is 9.88. The summed E-state index contributed by atoms with van der Waals surface area (Å²) in [6.07, 6.45) is -2.17. The molecule has 0 unspecified atom stereocenters. The predicted molar refractivity (Wildman–Crippen MR) is 47.2 cm³/mol. The lowest BCUT2D eigenvalue weighted by molar-refractivity contribution is -0.192. The highest BCUT2D eigenvalue weighted by atomic mass is 19.4. The molecule has 0 saturated carbocycles. The van der Waals surface area contributed by atoms with Crippen molar-refractivity contribution >= 4 is 11.9 Å². The van der Waals surface area contributed by atoms with Gasteiger partial charge in [-0.1, -0.05) is 0 Å². The molecule has 0 aliphatic heterocycles. The van der Waals surface area contributed by atoms with Crippen molar-refractivity contribution in [1.29, 1.82) is 0 Å². The minimum atomic E-state index is -5.08. The number of alkyl halides is 3. The van der Waals surface area contributed by atoms with Gasteiger partial charge in [-0.25, -0.2) is 10.3 Å². The van der Waals surface area contributed by atoms with Crippen LogP contribution in [0.4, 0.5) is 13.2 Å². The molecule has 0 aromatic carbocycles. The average molecular weight is 252 g/mol. The van der Waals surface area contributed by atoms with Gasteiger partial charge in [-0.15, -0.1) is 0 Å². The second-order valence-corrected chi connectivity index (χ2v) is 2.49. The van der Waals surface area contributed by atoms with Gasteiger partial charge in [0.15, 0.2) is 0 Å². The summed E-state index contributed by atoms with van der Waals surface area (Å²) in [4.78, 5) is 23.2. The Labute approximate surface area is 92.7 Å². The van der Waals surface area contributed by atoms with Crippen molar-refractivity contribution in [2.45, 2.75) is 6.18 Å². The fourth-order valence-electron chi connectivity index (χ4n) is 0.562. The molecule has 0 saturated heterocycles. The van der Waals surface area contributed by atoms with E-state index in [1.165, 1.54) is 11.7 Å². The zero-order valence-corrected chi connectivity index (χ0v) is 8.10. The van der Waals surface area contributed by atoms with Gasteiger partial charge >= 0.3 is 12.1 Å². The first kappa shape index (κ1) is 14.8. The van der Waals surface area contributed by atoms with E-state index in [-0.39, 0.29) is 0 Å². The van der Waals surface area contributed by atoms with E-state index in [2.05, 4.69) is 4.98 Å². The van der Waals surface area contributed by atoms with Gasteiger partial charge in [0, 0.05) is 12.4 Å².